The Bertz CT molecular complexity index is 552. The molecular formula is C17H22N2OS. The van der Waals surface area contributed by atoms with Gasteiger partial charge in [-0.3, -0.25) is 4.90 Å². The van der Waals surface area contributed by atoms with E-state index in [-0.39, 0.29) is 0 Å². The van der Waals surface area contributed by atoms with Gasteiger partial charge >= 0.3 is 0 Å². The summed E-state index contributed by atoms with van der Waals surface area (Å²) in [6.07, 6.45) is 3.75. The van der Waals surface area contributed by atoms with Crippen molar-refractivity contribution < 1.29 is 4.74 Å². The van der Waals surface area contributed by atoms with Gasteiger partial charge in [0.05, 0.1) is 6.61 Å². The number of anilines is 1. The molecule has 21 heavy (non-hydrogen) atoms. The molecule has 3 rings (SSSR count). The predicted octanol–water partition coefficient (Wildman–Crippen LogP) is 3.76. The van der Waals surface area contributed by atoms with Crippen LogP contribution in [0.15, 0.2) is 41.1 Å². The molecule has 1 aliphatic carbocycles. The van der Waals surface area contributed by atoms with Gasteiger partial charge in [0, 0.05) is 30.9 Å². The fraction of sp³-hybridized carbons (Fsp3) is 0.412. The van der Waals surface area contributed by atoms with Crippen LogP contribution in [0.3, 0.4) is 0 Å². The van der Waals surface area contributed by atoms with Crippen molar-refractivity contribution in [1.82, 2.24) is 4.90 Å². The zero-order chi connectivity index (χ0) is 14.5. The fourth-order valence-corrected chi connectivity index (χ4v) is 3.17. The van der Waals surface area contributed by atoms with E-state index in [1.54, 1.807) is 11.3 Å². The Morgan fingerprint density at radius 1 is 1.29 bits per heavy atom. The summed E-state index contributed by atoms with van der Waals surface area (Å²) in [7, 11) is 0. The van der Waals surface area contributed by atoms with Crippen molar-refractivity contribution in [3.05, 3.63) is 46.7 Å². The van der Waals surface area contributed by atoms with Crippen LogP contribution in [0, 0.1) is 0 Å². The minimum absolute atomic E-state index is 0.746. The average Bonchev–Trinajstić information content (AvgIpc) is 3.20. The lowest BCUT2D eigenvalue weighted by atomic mass is 10.3. The molecule has 1 heterocycles. The highest BCUT2D eigenvalue weighted by Gasteiger charge is 2.28. The van der Waals surface area contributed by atoms with Crippen LogP contribution in [-0.2, 0) is 6.54 Å². The molecular weight excluding hydrogens is 280 g/mol. The SMILES string of the molecule is Nc1cccc(OCCCN(Cc2ccsc2)C2CC2)c1. The highest BCUT2D eigenvalue weighted by molar-refractivity contribution is 7.07. The van der Waals surface area contributed by atoms with Gasteiger partial charge in [-0.05, 0) is 53.8 Å². The van der Waals surface area contributed by atoms with Crippen molar-refractivity contribution >= 4 is 17.0 Å². The number of rotatable bonds is 8. The van der Waals surface area contributed by atoms with E-state index < -0.39 is 0 Å². The maximum atomic E-state index is 5.77. The molecule has 1 aliphatic rings. The van der Waals surface area contributed by atoms with Gasteiger partial charge in [-0.25, -0.2) is 0 Å². The number of ether oxygens (including phenoxy) is 1. The maximum absolute atomic E-state index is 5.77. The van der Waals surface area contributed by atoms with Crippen LogP contribution in [0.25, 0.3) is 0 Å². The molecule has 0 unspecified atom stereocenters. The van der Waals surface area contributed by atoms with E-state index in [2.05, 4.69) is 21.7 Å². The Balaban J connectivity index is 1.42. The molecule has 0 saturated heterocycles. The highest BCUT2D eigenvalue weighted by Crippen LogP contribution is 2.28. The maximum Gasteiger partial charge on any atom is 0.121 e. The molecule has 2 aromatic rings. The van der Waals surface area contributed by atoms with Gasteiger partial charge in [-0.15, -0.1) is 0 Å². The van der Waals surface area contributed by atoms with Crippen molar-refractivity contribution in [3.63, 3.8) is 0 Å². The van der Waals surface area contributed by atoms with Crippen molar-refractivity contribution in [2.24, 2.45) is 0 Å². The van der Waals surface area contributed by atoms with Crippen LogP contribution in [0.1, 0.15) is 24.8 Å². The molecule has 0 aliphatic heterocycles. The molecule has 0 spiro atoms. The number of nitrogen functional groups attached to an aromatic ring is 1. The van der Waals surface area contributed by atoms with Crippen LogP contribution >= 0.6 is 11.3 Å². The summed E-state index contributed by atoms with van der Waals surface area (Å²) in [6, 6.07) is 10.7. The monoisotopic (exact) mass is 302 g/mol. The Hall–Kier alpha value is -1.52. The second kappa shape index (κ2) is 6.96. The summed E-state index contributed by atoms with van der Waals surface area (Å²) in [5.41, 5.74) is 7.94. The zero-order valence-corrected chi connectivity index (χ0v) is 13.0. The molecule has 3 nitrogen and oxygen atoms in total. The number of nitrogens with zero attached hydrogens (tertiary/aromatic N) is 1. The van der Waals surface area contributed by atoms with Crippen LogP contribution in [-0.4, -0.2) is 24.1 Å². The summed E-state index contributed by atoms with van der Waals surface area (Å²) >= 11 is 1.78. The van der Waals surface area contributed by atoms with E-state index in [1.807, 2.05) is 24.3 Å². The Morgan fingerprint density at radius 2 is 2.19 bits per heavy atom. The van der Waals surface area contributed by atoms with Gasteiger partial charge < -0.3 is 10.5 Å². The molecule has 4 heteroatoms. The van der Waals surface area contributed by atoms with Crippen LogP contribution in [0.4, 0.5) is 5.69 Å². The second-order valence-electron chi connectivity index (χ2n) is 5.61. The lowest BCUT2D eigenvalue weighted by molar-refractivity contribution is 0.220. The van der Waals surface area contributed by atoms with Gasteiger partial charge in [0.15, 0.2) is 0 Å². The number of hydrogen-bond acceptors (Lipinski definition) is 4. The molecule has 1 aromatic carbocycles. The van der Waals surface area contributed by atoms with Crippen LogP contribution in [0.2, 0.25) is 0 Å². The Labute approximate surface area is 130 Å². The van der Waals surface area contributed by atoms with Crippen molar-refractivity contribution in [2.45, 2.75) is 31.8 Å². The standard InChI is InChI=1S/C17H22N2OS/c18-15-3-1-4-17(11-15)20-9-2-8-19(16-5-6-16)12-14-7-10-21-13-14/h1,3-4,7,10-11,13,16H,2,5-6,8-9,12,18H2. The molecule has 0 radical (unpaired) electrons. The van der Waals surface area contributed by atoms with E-state index in [4.69, 9.17) is 10.5 Å². The minimum atomic E-state index is 0.746. The van der Waals surface area contributed by atoms with E-state index in [9.17, 15) is 0 Å². The van der Waals surface area contributed by atoms with Gasteiger partial charge in [0.1, 0.15) is 5.75 Å². The van der Waals surface area contributed by atoms with E-state index in [1.165, 1.54) is 18.4 Å². The number of hydrogen-bond donors (Lipinski definition) is 1. The summed E-state index contributed by atoms with van der Waals surface area (Å²) in [6.45, 7) is 2.92. The highest BCUT2D eigenvalue weighted by atomic mass is 32.1. The first-order valence-electron chi connectivity index (χ1n) is 7.55. The first-order chi connectivity index (χ1) is 10.3. The molecule has 0 amide bonds. The quantitative estimate of drug-likeness (QED) is 0.596. The summed E-state index contributed by atoms with van der Waals surface area (Å²) in [5, 5.41) is 4.40. The van der Waals surface area contributed by atoms with Crippen molar-refractivity contribution in [2.75, 3.05) is 18.9 Å². The third-order valence-corrected chi connectivity index (χ3v) is 4.48. The lowest BCUT2D eigenvalue weighted by Crippen LogP contribution is -2.27. The number of benzene rings is 1. The largest absolute Gasteiger partial charge is 0.493 e. The second-order valence-corrected chi connectivity index (χ2v) is 6.39. The molecule has 112 valence electrons. The first-order valence-corrected chi connectivity index (χ1v) is 8.49. The molecule has 2 N–H and O–H groups in total. The fourth-order valence-electron chi connectivity index (χ4n) is 2.51. The summed E-state index contributed by atoms with van der Waals surface area (Å²) in [4.78, 5) is 2.59. The summed E-state index contributed by atoms with van der Waals surface area (Å²) < 4.78 is 5.77. The number of thiophene rings is 1. The van der Waals surface area contributed by atoms with Crippen LogP contribution < -0.4 is 10.5 Å². The van der Waals surface area contributed by atoms with E-state index in [0.29, 0.717) is 0 Å². The van der Waals surface area contributed by atoms with Gasteiger partial charge in [-0.2, -0.15) is 11.3 Å². The van der Waals surface area contributed by atoms with Gasteiger partial charge in [0.25, 0.3) is 0 Å². The van der Waals surface area contributed by atoms with Crippen LogP contribution in [0.5, 0.6) is 5.75 Å². The number of nitrogens with two attached hydrogens (primary N) is 1. The predicted molar refractivity (Wildman–Crippen MR) is 88.7 cm³/mol. The topological polar surface area (TPSA) is 38.5 Å². The molecule has 1 aromatic heterocycles. The molecule has 1 saturated carbocycles. The van der Waals surface area contributed by atoms with Gasteiger partial charge in [-0.1, -0.05) is 6.07 Å². The minimum Gasteiger partial charge on any atom is -0.493 e. The van der Waals surface area contributed by atoms with E-state index in [0.717, 1.165) is 43.6 Å². The average molecular weight is 302 g/mol. The Kier molecular flexibility index (Phi) is 4.78. The first kappa shape index (κ1) is 14.4. The van der Waals surface area contributed by atoms with Crippen molar-refractivity contribution in [3.8, 4) is 5.75 Å². The third kappa shape index (κ3) is 4.48. The molecule has 0 bridgehead atoms. The van der Waals surface area contributed by atoms with Crippen molar-refractivity contribution in [1.29, 1.82) is 0 Å². The summed E-state index contributed by atoms with van der Waals surface area (Å²) in [5.74, 6) is 0.866. The zero-order valence-electron chi connectivity index (χ0n) is 12.2. The Morgan fingerprint density at radius 3 is 2.90 bits per heavy atom. The third-order valence-electron chi connectivity index (χ3n) is 3.75. The van der Waals surface area contributed by atoms with E-state index >= 15 is 0 Å². The normalized spacial score (nSPS) is 14.5. The lowest BCUT2D eigenvalue weighted by Gasteiger charge is -2.21. The smallest absolute Gasteiger partial charge is 0.121 e. The van der Waals surface area contributed by atoms with Gasteiger partial charge in [0.2, 0.25) is 0 Å². The molecule has 0 atom stereocenters. The molecule has 1 fully saturated rings.